The van der Waals surface area contributed by atoms with E-state index in [4.69, 9.17) is 17.3 Å². The average molecular weight is 344 g/mol. The molecule has 3 rings (SSSR count). The number of anilines is 2. The Morgan fingerprint density at radius 3 is 2.71 bits per heavy atom. The molecule has 1 aliphatic rings. The smallest absolute Gasteiger partial charge is 0.254 e. The number of aromatic nitrogens is 2. The SMILES string of the molecule is N#CC1CCCC[C@@H]1n1cc(C(N)=O)c(Nc2ccc(Cl)cc2)n1. The Bertz CT molecular complexity index is 777. The van der Waals surface area contributed by atoms with Crippen LogP contribution in [0, 0.1) is 17.2 Å². The maximum Gasteiger partial charge on any atom is 0.254 e. The highest BCUT2D eigenvalue weighted by molar-refractivity contribution is 6.30. The van der Waals surface area contributed by atoms with Crippen molar-refractivity contribution in [2.45, 2.75) is 31.7 Å². The van der Waals surface area contributed by atoms with Gasteiger partial charge in [0.05, 0.1) is 18.0 Å². The van der Waals surface area contributed by atoms with Gasteiger partial charge in [-0.1, -0.05) is 24.4 Å². The second-order valence-electron chi connectivity index (χ2n) is 5.95. The number of halogens is 1. The summed E-state index contributed by atoms with van der Waals surface area (Å²) in [6, 6.07) is 9.42. The van der Waals surface area contributed by atoms with Gasteiger partial charge in [0.1, 0.15) is 5.56 Å². The minimum atomic E-state index is -0.554. The zero-order valence-electron chi connectivity index (χ0n) is 13.1. The number of carbonyl (C=O) groups excluding carboxylic acids is 1. The summed E-state index contributed by atoms with van der Waals surface area (Å²) in [5.74, 6) is -0.253. The number of hydrogen-bond donors (Lipinski definition) is 2. The Morgan fingerprint density at radius 1 is 1.33 bits per heavy atom. The number of hydrogen-bond acceptors (Lipinski definition) is 4. The van der Waals surface area contributed by atoms with E-state index in [1.54, 1.807) is 35.1 Å². The van der Waals surface area contributed by atoms with Gasteiger partial charge in [0, 0.05) is 16.9 Å². The van der Waals surface area contributed by atoms with Crippen LogP contribution in [0.4, 0.5) is 11.5 Å². The molecule has 2 atom stereocenters. The maximum atomic E-state index is 11.8. The number of amides is 1. The van der Waals surface area contributed by atoms with E-state index in [0.717, 1.165) is 31.4 Å². The third-order valence-electron chi connectivity index (χ3n) is 4.34. The van der Waals surface area contributed by atoms with E-state index in [1.807, 2.05) is 0 Å². The first kappa shape index (κ1) is 16.3. The molecule has 1 heterocycles. The van der Waals surface area contributed by atoms with Crippen LogP contribution in [-0.4, -0.2) is 15.7 Å². The van der Waals surface area contributed by atoms with E-state index >= 15 is 0 Å². The quantitative estimate of drug-likeness (QED) is 0.885. The molecule has 1 aromatic carbocycles. The summed E-state index contributed by atoms with van der Waals surface area (Å²) in [6.07, 6.45) is 5.47. The molecule has 0 saturated heterocycles. The molecular weight excluding hydrogens is 326 g/mol. The van der Waals surface area contributed by atoms with Crippen molar-refractivity contribution in [3.05, 3.63) is 41.0 Å². The molecule has 24 heavy (non-hydrogen) atoms. The van der Waals surface area contributed by atoms with Gasteiger partial charge in [0.2, 0.25) is 0 Å². The average Bonchev–Trinajstić information content (AvgIpc) is 3.01. The van der Waals surface area contributed by atoms with Gasteiger partial charge in [-0.15, -0.1) is 0 Å². The number of nitrogens with zero attached hydrogens (tertiary/aromatic N) is 3. The van der Waals surface area contributed by atoms with Gasteiger partial charge in [-0.3, -0.25) is 9.48 Å². The zero-order chi connectivity index (χ0) is 17.1. The molecule has 6 nitrogen and oxygen atoms in total. The van der Waals surface area contributed by atoms with Crippen molar-refractivity contribution in [2.24, 2.45) is 11.7 Å². The van der Waals surface area contributed by atoms with Crippen LogP contribution in [0.3, 0.4) is 0 Å². The predicted octanol–water partition coefficient (Wildman–Crippen LogP) is 3.63. The highest BCUT2D eigenvalue weighted by atomic mass is 35.5. The first-order valence-electron chi connectivity index (χ1n) is 7.89. The molecule has 7 heteroatoms. The highest BCUT2D eigenvalue weighted by Gasteiger charge is 2.28. The van der Waals surface area contributed by atoms with Crippen LogP contribution < -0.4 is 11.1 Å². The first-order valence-corrected chi connectivity index (χ1v) is 8.27. The normalized spacial score (nSPS) is 20.3. The van der Waals surface area contributed by atoms with Gasteiger partial charge < -0.3 is 11.1 Å². The van der Waals surface area contributed by atoms with Crippen molar-refractivity contribution in [3.63, 3.8) is 0 Å². The van der Waals surface area contributed by atoms with Crippen molar-refractivity contribution < 1.29 is 4.79 Å². The number of carbonyl (C=O) groups is 1. The topological polar surface area (TPSA) is 96.7 Å². The van der Waals surface area contributed by atoms with Crippen molar-refractivity contribution in [1.29, 1.82) is 5.26 Å². The lowest BCUT2D eigenvalue weighted by Gasteiger charge is -2.26. The molecule has 1 unspecified atom stereocenters. The standard InChI is InChI=1S/C17H18ClN5O/c18-12-5-7-13(8-6-12)21-17-14(16(20)24)10-23(22-17)15-4-2-1-3-11(15)9-19/h5-8,10-11,15H,1-4H2,(H2,20,24)(H,21,22)/t11?,15-/m0/s1. The van der Waals surface area contributed by atoms with E-state index in [0.29, 0.717) is 16.4 Å². The summed E-state index contributed by atoms with van der Waals surface area (Å²) in [6.45, 7) is 0. The Kier molecular flexibility index (Phi) is 4.72. The van der Waals surface area contributed by atoms with E-state index in [2.05, 4.69) is 16.5 Å². The lowest BCUT2D eigenvalue weighted by molar-refractivity contribution is 0.100. The molecule has 124 valence electrons. The van der Waals surface area contributed by atoms with Gasteiger partial charge >= 0.3 is 0 Å². The number of nitrogens with one attached hydrogen (secondary N) is 1. The van der Waals surface area contributed by atoms with Crippen LogP contribution in [0.15, 0.2) is 30.5 Å². The van der Waals surface area contributed by atoms with Crippen LogP contribution in [0.2, 0.25) is 5.02 Å². The van der Waals surface area contributed by atoms with Crippen molar-refractivity contribution in [3.8, 4) is 6.07 Å². The molecule has 1 aromatic heterocycles. The zero-order valence-corrected chi connectivity index (χ0v) is 13.8. The van der Waals surface area contributed by atoms with E-state index < -0.39 is 5.91 Å². The molecule has 1 aliphatic carbocycles. The van der Waals surface area contributed by atoms with Gasteiger partial charge in [-0.05, 0) is 37.1 Å². The van der Waals surface area contributed by atoms with E-state index in [9.17, 15) is 10.1 Å². The largest absolute Gasteiger partial charge is 0.365 e. The second-order valence-corrected chi connectivity index (χ2v) is 6.39. The number of nitriles is 1. The molecule has 0 spiro atoms. The first-order chi connectivity index (χ1) is 11.6. The van der Waals surface area contributed by atoms with Crippen LogP contribution in [0.5, 0.6) is 0 Å². The third kappa shape index (κ3) is 3.36. The predicted molar refractivity (Wildman–Crippen MR) is 92.1 cm³/mol. The molecule has 1 amide bonds. The summed E-state index contributed by atoms with van der Waals surface area (Å²) in [4.78, 5) is 11.8. The molecule has 3 N–H and O–H groups in total. The summed E-state index contributed by atoms with van der Waals surface area (Å²) < 4.78 is 1.71. The molecule has 0 radical (unpaired) electrons. The minimum absolute atomic E-state index is 0.0254. The lowest BCUT2D eigenvalue weighted by Crippen LogP contribution is -2.22. The molecular formula is C17H18ClN5O. The van der Waals surface area contributed by atoms with Crippen LogP contribution in [-0.2, 0) is 0 Å². The lowest BCUT2D eigenvalue weighted by atomic mass is 9.85. The fraction of sp³-hybridized carbons (Fsp3) is 0.353. The van der Waals surface area contributed by atoms with Gasteiger partial charge in [-0.25, -0.2) is 0 Å². The van der Waals surface area contributed by atoms with Crippen LogP contribution in [0.1, 0.15) is 42.1 Å². The maximum absolute atomic E-state index is 11.8. The number of nitrogens with two attached hydrogens (primary N) is 1. The van der Waals surface area contributed by atoms with Crippen molar-refractivity contribution in [1.82, 2.24) is 9.78 Å². The molecule has 0 bridgehead atoms. The monoisotopic (exact) mass is 343 g/mol. The number of rotatable bonds is 4. The fourth-order valence-electron chi connectivity index (χ4n) is 3.08. The molecule has 1 fully saturated rings. The Labute approximate surface area is 145 Å². The Balaban J connectivity index is 1.91. The third-order valence-corrected chi connectivity index (χ3v) is 4.59. The van der Waals surface area contributed by atoms with Gasteiger partial charge in [0.15, 0.2) is 5.82 Å². The Hall–Kier alpha value is -2.52. The van der Waals surface area contributed by atoms with E-state index in [-0.39, 0.29) is 12.0 Å². The Morgan fingerprint density at radius 2 is 2.04 bits per heavy atom. The molecule has 1 saturated carbocycles. The second kappa shape index (κ2) is 6.93. The molecule has 2 aromatic rings. The van der Waals surface area contributed by atoms with Crippen molar-refractivity contribution in [2.75, 3.05) is 5.32 Å². The van der Waals surface area contributed by atoms with E-state index in [1.165, 1.54) is 0 Å². The summed E-state index contributed by atoms with van der Waals surface area (Å²) in [5.41, 5.74) is 6.55. The number of benzene rings is 1. The molecule has 0 aliphatic heterocycles. The van der Waals surface area contributed by atoms with Crippen LogP contribution in [0.25, 0.3) is 0 Å². The summed E-state index contributed by atoms with van der Waals surface area (Å²) in [5, 5.41) is 17.6. The van der Waals surface area contributed by atoms with Crippen molar-refractivity contribution >= 4 is 29.0 Å². The summed E-state index contributed by atoms with van der Waals surface area (Å²) in [7, 11) is 0. The highest BCUT2D eigenvalue weighted by Crippen LogP contribution is 2.34. The fourth-order valence-corrected chi connectivity index (χ4v) is 3.21. The van der Waals surface area contributed by atoms with Gasteiger partial charge in [-0.2, -0.15) is 10.4 Å². The number of primary amides is 1. The minimum Gasteiger partial charge on any atom is -0.365 e. The van der Waals surface area contributed by atoms with Crippen LogP contribution >= 0.6 is 11.6 Å². The summed E-state index contributed by atoms with van der Waals surface area (Å²) >= 11 is 5.88. The van der Waals surface area contributed by atoms with Gasteiger partial charge in [0.25, 0.3) is 5.91 Å².